The molecule has 0 amide bonds. The SMILES string of the molecule is C=C1CC[C@@H]2[C@](C)(COC(C)=O)[C@H](OC(C)=O)CC[C@@]2(C)[C@@H]1C[C@H](NNC(=S)Nc1cccc2ccccc12)C1=CCOC1=O. The van der Waals surface area contributed by atoms with Gasteiger partial charge in [-0.3, -0.25) is 15.0 Å². The van der Waals surface area contributed by atoms with Crippen LogP contribution in [0.15, 0.2) is 66.3 Å². The van der Waals surface area contributed by atoms with Crippen LogP contribution in [0.3, 0.4) is 0 Å². The maximum atomic E-state index is 12.9. The summed E-state index contributed by atoms with van der Waals surface area (Å²) in [6, 6.07) is 13.6. The molecule has 5 rings (SSSR count). The molecule has 2 saturated carbocycles. The second-order valence-electron chi connectivity index (χ2n) is 13.0. The molecular weight excluding hydrogens is 590 g/mol. The van der Waals surface area contributed by atoms with Gasteiger partial charge in [0, 0.05) is 30.3 Å². The second kappa shape index (κ2) is 13.3. The summed E-state index contributed by atoms with van der Waals surface area (Å²) in [5, 5.41) is 5.79. The molecule has 2 aromatic rings. The molecule has 10 heteroatoms. The zero-order chi connectivity index (χ0) is 32.4. The monoisotopic (exact) mass is 633 g/mol. The fourth-order valence-corrected chi connectivity index (χ4v) is 8.22. The number of rotatable bonds is 9. The van der Waals surface area contributed by atoms with Crippen molar-refractivity contribution in [2.45, 2.75) is 71.9 Å². The van der Waals surface area contributed by atoms with E-state index in [1.165, 1.54) is 13.8 Å². The van der Waals surface area contributed by atoms with Crippen LogP contribution in [0, 0.1) is 22.7 Å². The predicted octanol–water partition coefficient (Wildman–Crippen LogP) is 5.76. The highest BCUT2D eigenvalue weighted by molar-refractivity contribution is 7.80. The zero-order valence-electron chi connectivity index (χ0n) is 26.4. The third-order valence-electron chi connectivity index (χ3n) is 10.2. The Morgan fingerprint density at radius 1 is 1.11 bits per heavy atom. The number of nitrogens with one attached hydrogen (secondary N) is 3. The van der Waals surface area contributed by atoms with E-state index in [9.17, 15) is 14.4 Å². The van der Waals surface area contributed by atoms with Gasteiger partial charge in [0.2, 0.25) is 0 Å². The number of hydrogen-bond donors (Lipinski definition) is 3. The van der Waals surface area contributed by atoms with E-state index in [0.29, 0.717) is 23.5 Å². The predicted molar refractivity (Wildman–Crippen MR) is 177 cm³/mol. The molecule has 9 nitrogen and oxygen atoms in total. The molecule has 0 radical (unpaired) electrons. The van der Waals surface area contributed by atoms with Crippen LogP contribution in [0.5, 0.6) is 0 Å². The maximum absolute atomic E-state index is 12.9. The van der Waals surface area contributed by atoms with Crippen molar-refractivity contribution < 1.29 is 28.6 Å². The van der Waals surface area contributed by atoms with Gasteiger partial charge < -0.3 is 19.5 Å². The van der Waals surface area contributed by atoms with Crippen molar-refractivity contribution in [3.05, 3.63) is 66.3 Å². The number of hydrazine groups is 1. The van der Waals surface area contributed by atoms with Crippen LogP contribution in [-0.2, 0) is 28.6 Å². The average molecular weight is 634 g/mol. The van der Waals surface area contributed by atoms with E-state index in [-0.39, 0.29) is 54.5 Å². The van der Waals surface area contributed by atoms with Crippen molar-refractivity contribution in [3.8, 4) is 0 Å². The van der Waals surface area contributed by atoms with E-state index in [0.717, 1.165) is 41.3 Å². The number of ether oxygens (including phenoxy) is 3. The molecule has 1 heterocycles. The number of hydrogen-bond acceptors (Lipinski definition) is 8. The number of carbonyl (C=O) groups is 3. The smallest absolute Gasteiger partial charge is 0.335 e. The number of anilines is 1. The first-order chi connectivity index (χ1) is 21.4. The topological polar surface area (TPSA) is 115 Å². The molecule has 6 atom stereocenters. The first-order valence-corrected chi connectivity index (χ1v) is 16.0. The standard InChI is InChI=1S/C35H43N3O6S/c1-21-13-14-30-34(4,17-15-31(44-23(3)40)35(30,5)20-43-22(2)39)27(21)19-29(26-16-18-42-32(26)41)37-38-33(45)36-28-12-8-10-24-9-6-7-11-25(24)28/h6-12,16,27,29-31,37H,1,13-15,17-20H2,2-5H3,(H2,36,38,45)/t27-,29+,30+,31-,34+,35+/m1/s1. The van der Waals surface area contributed by atoms with E-state index in [4.69, 9.17) is 26.4 Å². The molecule has 45 heavy (non-hydrogen) atoms. The Morgan fingerprint density at radius 2 is 1.87 bits per heavy atom. The summed E-state index contributed by atoms with van der Waals surface area (Å²) in [5.41, 5.74) is 8.16. The number of cyclic esters (lactones) is 1. The van der Waals surface area contributed by atoms with Gasteiger partial charge in [0.1, 0.15) is 19.3 Å². The Hall–Kier alpha value is -3.76. The number of carbonyl (C=O) groups excluding carboxylic acids is 3. The molecule has 0 aromatic heterocycles. The quantitative estimate of drug-likeness (QED) is 0.104. The maximum Gasteiger partial charge on any atom is 0.335 e. The zero-order valence-corrected chi connectivity index (χ0v) is 27.3. The van der Waals surface area contributed by atoms with Crippen LogP contribution in [-0.4, -0.2) is 48.4 Å². The molecule has 1 aliphatic heterocycles. The molecule has 0 unspecified atom stereocenters. The average Bonchev–Trinajstić information content (AvgIpc) is 3.42. The highest BCUT2D eigenvalue weighted by atomic mass is 32.1. The minimum absolute atomic E-state index is 0.0133. The van der Waals surface area contributed by atoms with Crippen LogP contribution in [0.25, 0.3) is 10.8 Å². The molecule has 2 fully saturated rings. The van der Waals surface area contributed by atoms with Crippen LogP contribution in [0.4, 0.5) is 5.69 Å². The number of thiocarbonyl (C=S) groups is 1. The molecule has 0 spiro atoms. The van der Waals surface area contributed by atoms with Crippen LogP contribution in [0.1, 0.15) is 59.8 Å². The number of benzene rings is 2. The van der Waals surface area contributed by atoms with Crippen molar-refractivity contribution in [2.75, 3.05) is 18.5 Å². The van der Waals surface area contributed by atoms with Gasteiger partial charge in [0.05, 0.1) is 11.6 Å². The van der Waals surface area contributed by atoms with Crippen LogP contribution < -0.4 is 16.2 Å². The first kappa shape index (κ1) is 32.6. The molecule has 0 bridgehead atoms. The molecule has 240 valence electrons. The van der Waals surface area contributed by atoms with E-state index in [1.54, 1.807) is 0 Å². The van der Waals surface area contributed by atoms with Gasteiger partial charge in [-0.25, -0.2) is 10.2 Å². The summed E-state index contributed by atoms with van der Waals surface area (Å²) in [6.07, 6.45) is 5.04. The summed E-state index contributed by atoms with van der Waals surface area (Å²) in [5.74, 6) is -0.977. The molecule has 3 N–H and O–H groups in total. The lowest BCUT2D eigenvalue weighted by atomic mass is 9.46. The first-order valence-electron chi connectivity index (χ1n) is 15.6. The Kier molecular flexibility index (Phi) is 9.65. The van der Waals surface area contributed by atoms with Crippen molar-refractivity contribution in [1.82, 2.24) is 10.9 Å². The van der Waals surface area contributed by atoms with E-state index < -0.39 is 11.5 Å². The molecule has 2 aromatic carbocycles. The molecule has 0 saturated heterocycles. The van der Waals surface area contributed by atoms with Crippen molar-refractivity contribution in [1.29, 1.82) is 0 Å². The minimum Gasteiger partial charge on any atom is -0.465 e. The van der Waals surface area contributed by atoms with Crippen LogP contribution >= 0.6 is 12.2 Å². The van der Waals surface area contributed by atoms with Crippen molar-refractivity contribution in [2.24, 2.45) is 22.7 Å². The lowest BCUT2D eigenvalue weighted by molar-refractivity contribution is -0.192. The summed E-state index contributed by atoms with van der Waals surface area (Å²) in [7, 11) is 0. The Labute approximate surface area is 270 Å². The van der Waals surface area contributed by atoms with E-state index >= 15 is 0 Å². The van der Waals surface area contributed by atoms with Crippen LogP contribution in [0.2, 0.25) is 0 Å². The lowest BCUT2D eigenvalue weighted by Gasteiger charge is -2.60. The Morgan fingerprint density at radius 3 is 2.58 bits per heavy atom. The van der Waals surface area contributed by atoms with Crippen molar-refractivity contribution in [3.63, 3.8) is 0 Å². The second-order valence-corrected chi connectivity index (χ2v) is 13.4. The third kappa shape index (κ3) is 6.77. The summed E-state index contributed by atoms with van der Waals surface area (Å²) < 4.78 is 16.8. The summed E-state index contributed by atoms with van der Waals surface area (Å²) >= 11 is 5.67. The van der Waals surface area contributed by atoms with Gasteiger partial charge in [-0.05, 0) is 79.1 Å². The van der Waals surface area contributed by atoms with Gasteiger partial charge >= 0.3 is 17.9 Å². The fourth-order valence-electron chi connectivity index (χ4n) is 8.05. The lowest BCUT2D eigenvalue weighted by Crippen LogP contribution is -2.59. The van der Waals surface area contributed by atoms with E-state index in [2.05, 4.69) is 36.6 Å². The fraction of sp³-hybridized carbons (Fsp3) is 0.486. The van der Waals surface area contributed by atoms with Gasteiger partial charge in [-0.2, -0.15) is 0 Å². The molecule has 3 aliphatic rings. The Bertz CT molecular complexity index is 1540. The minimum atomic E-state index is -0.583. The van der Waals surface area contributed by atoms with Gasteiger partial charge in [-0.15, -0.1) is 0 Å². The van der Waals surface area contributed by atoms with Gasteiger partial charge in [-0.1, -0.05) is 62.4 Å². The van der Waals surface area contributed by atoms with Gasteiger partial charge in [0.15, 0.2) is 5.11 Å². The third-order valence-corrected chi connectivity index (χ3v) is 10.4. The van der Waals surface area contributed by atoms with Gasteiger partial charge in [0.25, 0.3) is 0 Å². The number of allylic oxidation sites excluding steroid dienone is 1. The molecular formula is C35H43N3O6S. The van der Waals surface area contributed by atoms with Crippen molar-refractivity contribution >= 4 is 51.7 Å². The highest BCUT2D eigenvalue weighted by Crippen LogP contribution is 2.62. The molecule has 2 aliphatic carbocycles. The van der Waals surface area contributed by atoms with E-state index in [1.807, 2.05) is 48.5 Å². The normalized spacial score (nSPS) is 28.4. The highest BCUT2D eigenvalue weighted by Gasteiger charge is 2.60. The number of esters is 3. The summed E-state index contributed by atoms with van der Waals surface area (Å²) in [6.45, 7) is 12.0. The summed E-state index contributed by atoms with van der Waals surface area (Å²) in [4.78, 5) is 36.9. The largest absolute Gasteiger partial charge is 0.465 e. The Balaban J connectivity index is 1.38. The number of fused-ring (bicyclic) bond motifs is 2.